The summed E-state index contributed by atoms with van der Waals surface area (Å²) >= 11 is 1.73. The molecule has 0 spiro atoms. The Morgan fingerprint density at radius 2 is 2.05 bits per heavy atom. The number of carbonyl (C=O) groups is 1. The van der Waals surface area contributed by atoms with Crippen molar-refractivity contribution in [2.24, 2.45) is 0 Å². The van der Waals surface area contributed by atoms with Crippen LogP contribution >= 0.6 is 11.3 Å². The number of rotatable bonds is 2. The minimum atomic E-state index is 0.0765. The van der Waals surface area contributed by atoms with Gasteiger partial charge in [-0.1, -0.05) is 24.3 Å². The van der Waals surface area contributed by atoms with Gasteiger partial charge in [0.15, 0.2) is 0 Å². The standard InChI is InChI=1S/C17H14N2OS/c18-13-6-5-11-8-19(17(20)15(11)7-13)9-12-10-21-16-4-2-1-3-14(12)16/h1-7,10H,8-9,18H2. The molecule has 0 saturated carbocycles. The summed E-state index contributed by atoms with van der Waals surface area (Å²) in [6.45, 7) is 1.32. The van der Waals surface area contributed by atoms with Crippen molar-refractivity contribution in [2.45, 2.75) is 13.1 Å². The van der Waals surface area contributed by atoms with Gasteiger partial charge in [-0.25, -0.2) is 0 Å². The van der Waals surface area contributed by atoms with E-state index in [0.29, 0.717) is 18.8 Å². The minimum absolute atomic E-state index is 0.0765. The Kier molecular flexibility index (Phi) is 2.72. The van der Waals surface area contributed by atoms with Crippen LogP contribution in [0.15, 0.2) is 47.8 Å². The van der Waals surface area contributed by atoms with E-state index in [1.807, 2.05) is 29.2 Å². The molecule has 3 aromatic rings. The number of nitrogens with zero attached hydrogens (tertiary/aromatic N) is 1. The molecule has 0 radical (unpaired) electrons. The fraction of sp³-hybridized carbons (Fsp3) is 0.118. The predicted octanol–water partition coefficient (Wildman–Crippen LogP) is 3.64. The van der Waals surface area contributed by atoms with Crippen molar-refractivity contribution in [3.05, 3.63) is 64.5 Å². The topological polar surface area (TPSA) is 46.3 Å². The second-order valence-corrected chi connectivity index (χ2v) is 6.25. The van der Waals surface area contributed by atoms with Crippen molar-refractivity contribution in [3.8, 4) is 0 Å². The number of hydrogen-bond acceptors (Lipinski definition) is 3. The van der Waals surface area contributed by atoms with Crippen molar-refractivity contribution in [1.82, 2.24) is 4.90 Å². The maximum Gasteiger partial charge on any atom is 0.254 e. The molecule has 1 aliphatic heterocycles. The fourth-order valence-electron chi connectivity index (χ4n) is 2.87. The summed E-state index contributed by atoms with van der Waals surface area (Å²) in [4.78, 5) is 14.4. The van der Waals surface area contributed by atoms with E-state index in [-0.39, 0.29) is 5.91 Å². The number of carbonyl (C=O) groups excluding carboxylic acids is 1. The normalized spacial score (nSPS) is 13.9. The largest absolute Gasteiger partial charge is 0.399 e. The molecule has 0 saturated heterocycles. The number of amides is 1. The van der Waals surface area contributed by atoms with Crippen LogP contribution in [0.3, 0.4) is 0 Å². The summed E-state index contributed by atoms with van der Waals surface area (Å²) in [7, 11) is 0. The molecule has 1 aliphatic rings. The second kappa shape index (κ2) is 4.60. The average Bonchev–Trinajstić information content (AvgIpc) is 3.03. The molecule has 104 valence electrons. The first kappa shape index (κ1) is 12.4. The van der Waals surface area contributed by atoms with Crippen molar-refractivity contribution >= 4 is 33.0 Å². The summed E-state index contributed by atoms with van der Waals surface area (Å²) in [6.07, 6.45) is 0. The molecule has 0 atom stereocenters. The van der Waals surface area contributed by atoms with Crippen molar-refractivity contribution in [1.29, 1.82) is 0 Å². The Balaban J connectivity index is 1.66. The third kappa shape index (κ3) is 1.99. The van der Waals surface area contributed by atoms with Crippen LogP contribution in [-0.2, 0) is 13.1 Å². The lowest BCUT2D eigenvalue weighted by atomic mass is 10.1. The third-order valence-corrected chi connectivity index (χ3v) is 4.95. The molecule has 4 heteroatoms. The van der Waals surface area contributed by atoms with E-state index in [1.54, 1.807) is 17.4 Å². The molecule has 2 aromatic carbocycles. The van der Waals surface area contributed by atoms with Crippen molar-refractivity contribution < 1.29 is 4.79 Å². The number of thiophene rings is 1. The summed E-state index contributed by atoms with van der Waals surface area (Å²) in [5.41, 5.74) is 9.44. The quantitative estimate of drug-likeness (QED) is 0.733. The molecule has 21 heavy (non-hydrogen) atoms. The summed E-state index contributed by atoms with van der Waals surface area (Å²) in [5.74, 6) is 0.0765. The Bertz CT molecular complexity index is 853. The highest BCUT2D eigenvalue weighted by Gasteiger charge is 2.27. The van der Waals surface area contributed by atoms with Gasteiger partial charge in [0.05, 0.1) is 0 Å². The van der Waals surface area contributed by atoms with Crippen LogP contribution in [0.1, 0.15) is 21.5 Å². The van der Waals surface area contributed by atoms with E-state index >= 15 is 0 Å². The molecule has 0 unspecified atom stereocenters. The average molecular weight is 294 g/mol. The Morgan fingerprint density at radius 1 is 1.19 bits per heavy atom. The molecule has 4 rings (SSSR count). The molecule has 2 heterocycles. The van der Waals surface area contributed by atoms with Gasteiger partial charge in [-0.15, -0.1) is 11.3 Å². The SMILES string of the molecule is Nc1ccc2c(c1)C(=O)N(Cc1csc3ccccc13)C2. The van der Waals surface area contributed by atoms with E-state index in [1.165, 1.54) is 15.6 Å². The van der Waals surface area contributed by atoms with Crippen LogP contribution < -0.4 is 5.73 Å². The molecule has 0 aliphatic carbocycles. The first-order chi connectivity index (χ1) is 10.2. The van der Waals surface area contributed by atoms with Crippen LogP contribution in [0.25, 0.3) is 10.1 Å². The molecule has 1 aromatic heterocycles. The summed E-state index contributed by atoms with van der Waals surface area (Å²) < 4.78 is 1.26. The molecule has 1 amide bonds. The molecule has 2 N–H and O–H groups in total. The lowest BCUT2D eigenvalue weighted by Crippen LogP contribution is -2.23. The number of hydrogen-bond donors (Lipinski definition) is 1. The van der Waals surface area contributed by atoms with Gasteiger partial charge >= 0.3 is 0 Å². The second-order valence-electron chi connectivity index (χ2n) is 5.33. The zero-order valence-electron chi connectivity index (χ0n) is 11.4. The first-order valence-corrected chi connectivity index (χ1v) is 7.73. The monoisotopic (exact) mass is 294 g/mol. The van der Waals surface area contributed by atoms with Crippen LogP contribution in [-0.4, -0.2) is 10.8 Å². The zero-order valence-corrected chi connectivity index (χ0v) is 12.2. The molecule has 3 nitrogen and oxygen atoms in total. The maximum absolute atomic E-state index is 12.5. The van der Waals surface area contributed by atoms with Crippen molar-refractivity contribution in [3.63, 3.8) is 0 Å². The smallest absolute Gasteiger partial charge is 0.254 e. The van der Waals surface area contributed by atoms with Gasteiger partial charge in [0.2, 0.25) is 0 Å². The van der Waals surface area contributed by atoms with Crippen LogP contribution in [0, 0.1) is 0 Å². The number of fused-ring (bicyclic) bond motifs is 2. The maximum atomic E-state index is 12.5. The van der Waals surface area contributed by atoms with Gasteiger partial charge in [-0.3, -0.25) is 4.79 Å². The fourth-order valence-corrected chi connectivity index (χ4v) is 3.82. The molecular formula is C17H14N2OS. The number of benzene rings is 2. The van der Waals surface area contributed by atoms with Crippen LogP contribution in [0.2, 0.25) is 0 Å². The van der Waals surface area contributed by atoms with Gasteiger partial charge in [0.25, 0.3) is 5.91 Å². The van der Waals surface area contributed by atoms with Crippen molar-refractivity contribution in [2.75, 3.05) is 5.73 Å². The lowest BCUT2D eigenvalue weighted by Gasteiger charge is -2.15. The highest BCUT2D eigenvalue weighted by molar-refractivity contribution is 7.17. The minimum Gasteiger partial charge on any atom is -0.399 e. The first-order valence-electron chi connectivity index (χ1n) is 6.85. The van der Waals surface area contributed by atoms with Gasteiger partial charge < -0.3 is 10.6 Å². The van der Waals surface area contributed by atoms with E-state index in [4.69, 9.17) is 5.73 Å². The van der Waals surface area contributed by atoms with E-state index in [0.717, 1.165) is 11.1 Å². The van der Waals surface area contributed by atoms with E-state index in [9.17, 15) is 4.79 Å². The summed E-state index contributed by atoms with van der Waals surface area (Å²) in [5, 5.41) is 3.39. The zero-order chi connectivity index (χ0) is 14.4. The highest BCUT2D eigenvalue weighted by atomic mass is 32.1. The van der Waals surface area contributed by atoms with Gasteiger partial charge in [0, 0.05) is 29.0 Å². The molecular weight excluding hydrogens is 280 g/mol. The van der Waals surface area contributed by atoms with Crippen LogP contribution in [0.4, 0.5) is 5.69 Å². The van der Waals surface area contributed by atoms with E-state index in [2.05, 4.69) is 17.5 Å². The molecule has 0 fully saturated rings. The van der Waals surface area contributed by atoms with Crippen LogP contribution in [0.5, 0.6) is 0 Å². The summed E-state index contributed by atoms with van der Waals surface area (Å²) in [6, 6.07) is 13.9. The van der Waals surface area contributed by atoms with Gasteiger partial charge in [-0.2, -0.15) is 0 Å². The molecule has 0 bridgehead atoms. The predicted molar refractivity (Wildman–Crippen MR) is 86.3 cm³/mol. The number of anilines is 1. The Labute approximate surface area is 126 Å². The third-order valence-electron chi connectivity index (χ3n) is 3.94. The highest BCUT2D eigenvalue weighted by Crippen LogP contribution is 2.30. The Hall–Kier alpha value is -2.33. The number of nitrogens with two attached hydrogens (primary N) is 1. The van der Waals surface area contributed by atoms with Gasteiger partial charge in [0.1, 0.15) is 0 Å². The number of nitrogen functional groups attached to an aromatic ring is 1. The van der Waals surface area contributed by atoms with E-state index < -0.39 is 0 Å². The lowest BCUT2D eigenvalue weighted by molar-refractivity contribution is 0.0767. The Morgan fingerprint density at radius 3 is 2.95 bits per heavy atom. The van der Waals surface area contributed by atoms with Gasteiger partial charge in [-0.05, 0) is 40.1 Å².